The predicted octanol–water partition coefficient (Wildman–Crippen LogP) is 2.48. The van der Waals surface area contributed by atoms with Gasteiger partial charge < -0.3 is 10.0 Å². The van der Waals surface area contributed by atoms with Crippen LogP contribution in [0.3, 0.4) is 0 Å². The van der Waals surface area contributed by atoms with E-state index in [0.717, 1.165) is 18.8 Å². The molecule has 0 bridgehead atoms. The molecule has 2 rings (SSSR count). The maximum absolute atomic E-state index is 9.41. The van der Waals surface area contributed by atoms with Gasteiger partial charge in [0.2, 0.25) is 0 Å². The monoisotopic (exact) mass is 240 g/mol. The van der Waals surface area contributed by atoms with E-state index in [9.17, 15) is 5.11 Å². The molecule has 1 aromatic heterocycles. The van der Waals surface area contributed by atoms with Gasteiger partial charge >= 0.3 is 0 Å². The minimum absolute atomic E-state index is 0.199. The van der Waals surface area contributed by atoms with E-state index >= 15 is 0 Å². The number of aromatic nitrogens is 1. The number of hydrogen-bond donors (Lipinski definition) is 1. The molecule has 0 radical (unpaired) electrons. The lowest BCUT2D eigenvalue weighted by molar-refractivity contribution is 0.254. The fraction of sp³-hybridized carbons (Fsp3) is 0.583. The molecule has 1 aromatic rings. The Morgan fingerprint density at radius 3 is 2.94 bits per heavy atom. The summed E-state index contributed by atoms with van der Waals surface area (Å²) < 4.78 is 0. The topological polar surface area (TPSA) is 36.4 Å². The Morgan fingerprint density at radius 2 is 2.25 bits per heavy atom. The van der Waals surface area contributed by atoms with E-state index in [0.29, 0.717) is 5.02 Å². The SMILES string of the molecule is OCC1CCCCCN1c1ccc(Cl)cn1. The van der Waals surface area contributed by atoms with E-state index < -0.39 is 0 Å². The molecule has 3 nitrogen and oxygen atoms in total. The summed E-state index contributed by atoms with van der Waals surface area (Å²) in [6, 6.07) is 3.98. The van der Waals surface area contributed by atoms with Crippen LogP contribution in [0.15, 0.2) is 18.3 Å². The van der Waals surface area contributed by atoms with Crippen molar-refractivity contribution in [1.82, 2.24) is 4.98 Å². The third-order valence-electron chi connectivity index (χ3n) is 3.09. The Morgan fingerprint density at radius 1 is 1.38 bits per heavy atom. The molecule has 1 aliphatic heterocycles. The fourth-order valence-electron chi connectivity index (χ4n) is 2.21. The van der Waals surface area contributed by atoms with Crippen molar-refractivity contribution >= 4 is 17.4 Å². The van der Waals surface area contributed by atoms with Crippen LogP contribution in [0.4, 0.5) is 5.82 Å². The van der Waals surface area contributed by atoms with Gasteiger partial charge in [0.1, 0.15) is 5.82 Å². The third kappa shape index (κ3) is 2.66. The largest absolute Gasteiger partial charge is 0.394 e. The van der Waals surface area contributed by atoms with E-state index in [1.165, 1.54) is 19.3 Å². The Balaban J connectivity index is 2.18. The van der Waals surface area contributed by atoms with Crippen LogP contribution >= 0.6 is 11.6 Å². The van der Waals surface area contributed by atoms with Gasteiger partial charge in [0.25, 0.3) is 0 Å². The van der Waals surface area contributed by atoms with Gasteiger partial charge in [-0.05, 0) is 25.0 Å². The lowest BCUT2D eigenvalue weighted by atomic mass is 10.1. The zero-order valence-corrected chi connectivity index (χ0v) is 10.0. The average molecular weight is 241 g/mol. The first kappa shape index (κ1) is 11.7. The second kappa shape index (κ2) is 5.51. The second-order valence-corrected chi connectivity index (χ2v) is 4.65. The number of anilines is 1. The first-order valence-corrected chi connectivity index (χ1v) is 6.18. The molecule has 1 atom stereocenters. The highest BCUT2D eigenvalue weighted by Crippen LogP contribution is 2.23. The van der Waals surface area contributed by atoms with Gasteiger partial charge in [-0.3, -0.25) is 0 Å². The molecule has 0 amide bonds. The number of pyridine rings is 1. The third-order valence-corrected chi connectivity index (χ3v) is 3.32. The molecule has 0 saturated carbocycles. The number of aliphatic hydroxyl groups is 1. The van der Waals surface area contributed by atoms with Gasteiger partial charge in [0.05, 0.1) is 17.7 Å². The number of hydrogen-bond acceptors (Lipinski definition) is 3. The highest BCUT2D eigenvalue weighted by atomic mass is 35.5. The highest BCUT2D eigenvalue weighted by molar-refractivity contribution is 6.30. The Hall–Kier alpha value is -0.800. The van der Waals surface area contributed by atoms with Crippen LogP contribution in [0, 0.1) is 0 Å². The maximum Gasteiger partial charge on any atom is 0.128 e. The highest BCUT2D eigenvalue weighted by Gasteiger charge is 2.21. The number of nitrogens with zero attached hydrogens (tertiary/aromatic N) is 2. The van der Waals surface area contributed by atoms with Crippen molar-refractivity contribution in [3.63, 3.8) is 0 Å². The van der Waals surface area contributed by atoms with Crippen molar-refractivity contribution in [1.29, 1.82) is 0 Å². The van der Waals surface area contributed by atoms with E-state index in [1.807, 2.05) is 12.1 Å². The molecule has 16 heavy (non-hydrogen) atoms. The lowest BCUT2D eigenvalue weighted by Gasteiger charge is -2.29. The summed E-state index contributed by atoms with van der Waals surface area (Å²) in [6.45, 7) is 1.17. The van der Waals surface area contributed by atoms with E-state index in [2.05, 4.69) is 9.88 Å². The minimum atomic E-state index is 0.199. The average Bonchev–Trinajstić information content (AvgIpc) is 2.55. The van der Waals surface area contributed by atoms with Crippen LogP contribution in [0.5, 0.6) is 0 Å². The summed E-state index contributed by atoms with van der Waals surface area (Å²) in [7, 11) is 0. The van der Waals surface area contributed by atoms with Crippen LogP contribution in [0.2, 0.25) is 5.02 Å². The van der Waals surface area contributed by atoms with Crippen molar-refractivity contribution in [2.24, 2.45) is 0 Å². The summed E-state index contributed by atoms with van der Waals surface area (Å²) in [5, 5.41) is 10.1. The summed E-state index contributed by atoms with van der Waals surface area (Å²) in [5.74, 6) is 0.922. The van der Waals surface area contributed by atoms with Gasteiger partial charge in [-0.25, -0.2) is 4.98 Å². The van der Waals surface area contributed by atoms with Crippen molar-refractivity contribution in [3.8, 4) is 0 Å². The van der Waals surface area contributed by atoms with Crippen LogP contribution in [0.25, 0.3) is 0 Å². The quantitative estimate of drug-likeness (QED) is 0.863. The van der Waals surface area contributed by atoms with Crippen LogP contribution in [-0.2, 0) is 0 Å². The molecule has 0 spiro atoms. The Labute approximate surface area is 101 Å². The molecular weight excluding hydrogens is 224 g/mol. The summed E-state index contributed by atoms with van der Waals surface area (Å²) in [5.41, 5.74) is 0. The Kier molecular flexibility index (Phi) is 4.02. The van der Waals surface area contributed by atoms with Crippen molar-refractivity contribution in [2.45, 2.75) is 31.7 Å². The molecule has 0 aliphatic carbocycles. The Bertz CT molecular complexity index is 328. The first-order chi connectivity index (χ1) is 7.81. The summed E-state index contributed by atoms with van der Waals surface area (Å²) in [6.07, 6.45) is 6.30. The number of aliphatic hydroxyl groups excluding tert-OH is 1. The minimum Gasteiger partial charge on any atom is -0.394 e. The number of halogens is 1. The standard InChI is InChI=1S/C12H17ClN2O/c13-10-5-6-12(14-8-10)15-7-3-1-2-4-11(15)9-16/h5-6,8,11,16H,1-4,7,9H2. The molecule has 88 valence electrons. The first-order valence-electron chi connectivity index (χ1n) is 5.80. The molecule has 1 fully saturated rings. The lowest BCUT2D eigenvalue weighted by Crippen LogP contribution is -2.38. The summed E-state index contributed by atoms with van der Waals surface area (Å²) in [4.78, 5) is 6.52. The molecule has 0 aromatic carbocycles. The molecule has 1 saturated heterocycles. The van der Waals surface area contributed by atoms with E-state index in [4.69, 9.17) is 11.6 Å². The zero-order chi connectivity index (χ0) is 11.4. The maximum atomic E-state index is 9.41. The molecule has 1 unspecified atom stereocenters. The molecule has 1 aliphatic rings. The molecule has 1 N–H and O–H groups in total. The van der Waals surface area contributed by atoms with E-state index in [-0.39, 0.29) is 12.6 Å². The van der Waals surface area contributed by atoms with Crippen LogP contribution in [-0.4, -0.2) is 29.3 Å². The molecule has 2 heterocycles. The van der Waals surface area contributed by atoms with Crippen LogP contribution < -0.4 is 4.90 Å². The zero-order valence-electron chi connectivity index (χ0n) is 9.27. The van der Waals surface area contributed by atoms with Crippen LogP contribution in [0.1, 0.15) is 25.7 Å². The summed E-state index contributed by atoms with van der Waals surface area (Å²) >= 11 is 5.82. The molecular formula is C12H17ClN2O. The van der Waals surface area contributed by atoms with Crippen molar-refractivity contribution < 1.29 is 5.11 Å². The predicted molar refractivity (Wildman–Crippen MR) is 65.9 cm³/mol. The molecule has 4 heteroatoms. The van der Waals surface area contributed by atoms with Gasteiger partial charge in [-0.15, -0.1) is 0 Å². The number of rotatable bonds is 2. The van der Waals surface area contributed by atoms with Gasteiger partial charge in [0.15, 0.2) is 0 Å². The van der Waals surface area contributed by atoms with Crippen molar-refractivity contribution in [2.75, 3.05) is 18.1 Å². The van der Waals surface area contributed by atoms with E-state index in [1.54, 1.807) is 6.20 Å². The van der Waals surface area contributed by atoms with Gasteiger partial charge in [0, 0.05) is 12.7 Å². The normalized spacial score (nSPS) is 21.9. The fourth-order valence-corrected chi connectivity index (χ4v) is 2.32. The van der Waals surface area contributed by atoms with Gasteiger partial charge in [-0.1, -0.05) is 24.4 Å². The van der Waals surface area contributed by atoms with Crippen molar-refractivity contribution in [3.05, 3.63) is 23.4 Å². The smallest absolute Gasteiger partial charge is 0.128 e. The second-order valence-electron chi connectivity index (χ2n) is 4.21. The van der Waals surface area contributed by atoms with Gasteiger partial charge in [-0.2, -0.15) is 0 Å².